The number of phenols is 2. The number of nitrogens with zero attached hydrogens (tertiary/aromatic N) is 2. The Morgan fingerprint density at radius 3 is 2.37 bits per heavy atom. The van der Waals surface area contributed by atoms with Crippen molar-refractivity contribution in [2.24, 2.45) is 0 Å². The molecule has 0 aliphatic heterocycles. The molecule has 0 saturated heterocycles. The number of fused-ring (bicyclic) bond motifs is 1. The molecule has 0 atom stereocenters. The molecule has 0 spiro atoms. The van der Waals surface area contributed by atoms with Crippen molar-refractivity contribution in [1.29, 1.82) is 0 Å². The average Bonchev–Trinajstić information content (AvgIpc) is 2.77. The van der Waals surface area contributed by atoms with Crippen molar-refractivity contribution < 1.29 is 15.0 Å². The van der Waals surface area contributed by atoms with Crippen LogP contribution in [-0.2, 0) is 0 Å². The smallest absolute Gasteiger partial charge is 0.169 e. The molecule has 0 saturated carbocycles. The van der Waals surface area contributed by atoms with Gasteiger partial charge in [-0.3, -0.25) is 4.79 Å². The molecule has 0 fully saturated rings. The molecular formula is C14H10N2O3. The molecule has 5 heteroatoms. The summed E-state index contributed by atoms with van der Waals surface area (Å²) in [6, 6.07) is 11.0. The van der Waals surface area contributed by atoms with Gasteiger partial charge < -0.3 is 10.2 Å². The first-order valence-electron chi connectivity index (χ1n) is 5.65. The molecule has 1 aromatic heterocycles. The van der Waals surface area contributed by atoms with Crippen molar-refractivity contribution in [2.45, 2.75) is 0 Å². The first-order valence-corrected chi connectivity index (χ1v) is 5.65. The van der Waals surface area contributed by atoms with Gasteiger partial charge in [0.1, 0.15) is 17.2 Å². The lowest BCUT2D eigenvalue weighted by Gasteiger charge is -2.03. The van der Waals surface area contributed by atoms with Crippen LogP contribution in [0.2, 0.25) is 0 Å². The third-order valence-electron chi connectivity index (χ3n) is 2.90. The van der Waals surface area contributed by atoms with Crippen LogP contribution in [-0.4, -0.2) is 26.3 Å². The number of phenolic OH excluding ortho intramolecular Hbond substituents is 2. The van der Waals surface area contributed by atoms with Gasteiger partial charge in [-0.25, -0.2) is 4.68 Å². The highest BCUT2D eigenvalue weighted by atomic mass is 16.3. The van der Waals surface area contributed by atoms with Gasteiger partial charge in [0.15, 0.2) is 6.29 Å². The monoisotopic (exact) mass is 254 g/mol. The van der Waals surface area contributed by atoms with Gasteiger partial charge in [0.2, 0.25) is 0 Å². The van der Waals surface area contributed by atoms with E-state index in [-0.39, 0.29) is 11.5 Å². The standard InChI is InChI=1S/C14H10N2O3/c17-8-14-12-7-11(19)5-6-13(12)15-16(14)9-1-3-10(18)4-2-9/h1-8,18-19H. The van der Waals surface area contributed by atoms with Crippen molar-refractivity contribution in [3.8, 4) is 17.2 Å². The van der Waals surface area contributed by atoms with Crippen molar-refractivity contribution >= 4 is 17.2 Å². The molecule has 0 radical (unpaired) electrons. The van der Waals surface area contributed by atoms with Gasteiger partial charge in [0.05, 0.1) is 11.2 Å². The molecule has 0 aliphatic carbocycles. The number of hydrogen-bond acceptors (Lipinski definition) is 4. The fourth-order valence-electron chi connectivity index (χ4n) is 2.00. The number of aromatic hydroxyl groups is 2. The van der Waals surface area contributed by atoms with E-state index in [1.54, 1.807) is 18.2 Å². The largest absolute Gasteiger partial charge is 0.508 e. The zero-order valence-electron chi connectivity index (χ0n) is 9.82. The Morgan fingerprint density at radius 2 is 1.68 bits per heavy atom. The first-order chi connectivity index (χ1) is 9.19. The molecule has 5 nitrogen and oxygen atoms in total. The van der Waals surface area contributed by atoms with E-state index >= 15 is 0 Å². The first kappa shape index (κ1) is 11.3. The summed E-state index contributed by atoms with van der Waals surface area (Å²) < 4.78 is 1.48. The Balaban J connectivity index is 2.28. The lowest BCUT2D eigenvalue weighted by Crippen LogP contribution is -2.00. The van der Waals surface area contributed by atoms with Gasteiger partial charge in [-0.1, -0.05) is 0 Å². The fourth-order valence-corrected chi connectivity index (χ4v) is 2.00. The van der Waals surface area contributed by atoms with Crippen molar-refractivity contribution in [2.75, 3.05) is 0 Å². The molecule has 2 N–H and O–H groups in total. The predicted octanol–water partition coefficient (Wildman–Crippen LogP) is 2.25. The van der Waals surface area contributed by atoms with Crippen LogP contribution in [0.3, 0.4) is 0 Å². The lowest BCUT2D eigenvalue weighted by molar-refractivity contribution is 0.111. The normalized spacial score (nSPS) is 10.7. The van der Waals surface area contributed by atoms with Crippen molar-refractivity contribution in [3.05, 3.63) is 48.2 Å². The van der Waals surface area contributed by atoms with E-state index in [4.69, 9.17) is 0 Å². The second-order valence-corrected chi connectivity index (χ2v) is 4.13. The zero-order valence-corrected chi connectivity index (χ0v) is 9.82. The summed E-state index contributed by atoms with van der Waals surface area (Å²) in [5.41, 5.74) is 1.64. The molecule has 0 bridgehead atoms. The van der Waals surface area contributed by atoms with E-state index in [0.717, 1.165) is 0 Å². The van der Waals surface area contributed by atoms with Gasteiger partial charge in [-0.2, -0.15) is 5.10 Å². The van der Waals surface area contributed by atoms with Crippen LogP contribution in [0.15, 0.2) is 42.5 Å². The maximum Gasteiger partial charge on any atom is 0.169 e. The predicted molar refractivity (Wildman–Crippen MR) is 69.8 cm³/mol. The molecule has 0 aliphatic rings. The molecule has 0 unspecified atom stereocenters. The number of benzene rings is 2. The number of aromatic nitrogens is 2. The third kappa shape index (κ3) is 1.81. The van der Waals surface area contributed by atoms with Gasteiger partial charge in [0.25, 0.3) is 0 Å². The van der Waals surface area contributed by atoms with E-state index in [2.05, 4.69) is 5.10 Å². The number of rotatable bonds is 2. The summed E-state index contributed by atoms with van der Waals surface area (Å²) in [6.45, 7) is 0. The molecule has 94 valence electrons. The van der Waals surface area contributed by atoms with Gasteiger partial charge >= 0.3 is 0 Å². The highest BCUT2D eigenvalue weighted by molar-refractivity contribution is 5.96. The maximum absolute atomic E-state index is 11.3. The quantitative estimate of drug-likeness (QED) is 0.688. The van der Waals surface area contributed by atoms with Gasteiger partial charge in [-0.15, -0.1) is 0 Å². The summed E-state index contributed by atoms with van der Waals surface area (Å²) in [5, 5.41) is 23.7. The maximum atomic E-state index is 11.3. The molecule has 3 rings (SSSR count). The highest BCUT2D eigenvalue weighted by Gasteiger charge is 2.12. The summed E-state index contributed by atoms with van der Waals surface area (Å²) in [5.74, 6) is 0.228. The molecule has 1 heterocycles. The van der Waals surface area contributed by atoms with E-state index in [1.807, 2.05) is 0 Å². The summed E-state index contributed by atoms with van der Waals surface area (Å²) in [6.07, 6.45) is 0.696. The number of carbonyl (C=O) groups is 1. The summed E-state index contributed by atoms with van der Waals surface area (Å²) in [4.78, 5) is 11.3. The van der Waals surface area contributed by atoms with Crippen LogP contribution in [0.25, 0.3) is 16.6 Å². The molecule has 2 aromatic carbocycles. The zero-order chi connectivity index (χ0) is 13.4. The fraction of sp³-hybridized carbons (Fsp3) is 0. The number of hydrogen-bond donors (Lipinski definition) is 2. The second-order valence-electron chi connectivity index (χ2n) is 4.13. The Morgan fingerprint density at radius 1 is 1.00 bits per heavy atom. The van der Waals surface area contributed by atoms with E-state index in [1.165, 1.54) is 28.9 Å². The summed E-state index contributed by atoms with van der Waals surface area (Å²) >= 11 is 0. The van der Waals surface area contributed by atoms with Crippen LogP contribution >= 0.6 is 0 Å². The molecule has 19 heavy (non-hydrogen) atoms. The van der Waals surface area contributed by atoms with Crippen molar-refractivity contribution in [1.82, 2.24) is 9.78 Å². The van der Waals surface area contributed by atoms with Gasteiger partial charge in [0, 0.05) is 5.39 Å². The highest BCUT2D eigenvalue weighted by Crippen LogP contribution is 2.24. The van der Waals surface area contributed by atoms with E-state index in [0.29, 0.717) is 28.6 Å². The molecule has 0 amide bonds. The average molecular weight is 254 g/mol. The van der Waals surface area contributed by atoms with E-state index in [9.17, 15) is 15.0 Å². The second kappa shape index (κ2) is 4.13. The van der Waals surface area contributed by atoms with Crippen LogP contribution in [0.1, 0.15) is 10.5 Å². The summed E-state index contributed by atoms with van der Waals surface area (Å²) in [7, 11) is 0. The Hall–Kier alpha value is -2.82. The van der Waals surface area contributed by atoms with Crippen LogP contribution in [0.5, 0.6) is 11.5 Å². The minimum absolute atomic E-state index is 0.0841. The minimum Gasteiger partial charge on any atom is -0.508 e. The molecular weight excluding hydrogens is 244 g/mol. The Labute approximate surface area is 108 Å². The van der Waals surface area contributed by atoms with Crippen molar-refractivity contribution in [3.63, 3.8) is 0 Å². The van der Waals surface area contributed by atoms with Crippen LogP contribution in [0, 0.1) is 0 Å². The minimum atomic E-state index is 0.0841. The van der Waals surface area contributed by atoms with Crippen LogP contribution in [0.4, 0.5) is 0 Å². The number of carbonyl (C=O) groups excluding carboxylic acids is 1. The number of aldehydes is 1. The Bertz CT molecular complexity index is 760. The Kier molecular flexibility index (Phi) is 2.45. The lowest BCUT2D eigenvalue weighted by atomic mass is 10.2. The third-order valence-corrected chi connectivity index (χ3v) is 2.90. The molecule has 3 aromatic rings. The topological polar surface area (TPSA) is 75.3 Å². The van der Waals surface area contributed by atoms with Crippen LogP contribution < -0.4 is 0 Å². The van der Waals surface area contributed by atoms with E-state index < -0.39 is 0 Å². The SMILES string of the molecule is O=Cc1c2cc(O)ccc2nn1-c1ccc(O)cc1. The van der Waals surface area contributed by atoms with Gasteiger partial charge in [-0.05, 0) is 42.5 Å².